The van der Waals surface area contributed by atoms with Crippen molar-refractivity contribution < 1.29 is 24.6 Å². The Morgan fingerprint density at radius 1 is 1.42 bits per heavy atom. The van der Waals surface area contributed by atoms with Crippen molar-refractivity contribution in [1.29, 1.82) is 0 Å². The maximum Gasteiger partial charge on any atom is 0.326 e. The van der Waals surface area contributed by atoms with Crippen LogP contribution in [0.1, 0.15) is 12.1 Å². The van der Waals surface area contributed by atoms with Crippen molar-refractivity contribution in [3.8, 4) is 0 Å². The first-order chi connectivity index (χ1) is 8.92. The zero-order chi connectivity index (χ0) is 14.4. The summed E-state index contributed by atoms with van der Waals surface area (Å²) in [6.45, 7) is -0.102. The van der Waals surface area contributed by atoms with Crippen LogP contribution in [0, 0.1) is 0 Å². The number of nitrogens with two attached hydrogens (primary N) is 1. The summed E-state index contributed by atoms with van der Waals surface area (Å²) in [4.78, 5) is 32.7. The predicted octanol–water partition coefficient (Wildman–Crippen LogP) is -2.22. The van der Waals surface area contributed by atoms with Crippen LogP contribution in [0.3, 0.4) is 0 Å². The van der Waals surface area contributed by atoms with E-state index in [1.165, 1.54) is 10.9 Å². The maximum absolute atomic E-state index is 11.5. The Bertz CT molecular complexity index is 485. The molecule has 0 radical (unpaired) electrons. The fourth-order valence-corrected chi connectivity index (χ4v) is 1.27. The van der Waals surface area contributed by atoms with E-state index in [1.807, 2.05) is 0 Å². The topological polar surface area (TPSA) is 160 Å². The van der Waals surface area contributed by atoms with Gasteiger partial charge in [-0.2, -0.15) is 0 Å². The van der Waals surface area contributed by atoms with E-state index in [-0.39, 0.29) is 13.1 Å². The fraction of sp³-hybridized carbons (Fsp3) is 0.444. The molecule has 0 aliphatic carbocycles. The van der Waals surface area contributed by atoms with Gasteiger partial charge in [0.25, 0.3) is 0 Å². The molecule has 0 aromatic carbocycles. The third-order valence-corrected chi connectivity index (χ3v) is 2.11. The first-order valence-electron chi connectivity index (χ1n) is 5.25. The lowest BCUT2D eigenvalue weighted by atomic mass is 10.2. The summed E-state index contributed by atoms with van der Waals surface area (Å²) in [5, 5.41) is 26.6. The van der Waals surface area contributed by atoms with Crippen molar-refractivity contribution in [2.75, 3.05) is 0 Å². The van der Waals surface area contributed by atoms with Crippen LogP contribution < -0.4 is 11.1 Å². The van der Waals surface area contributed by atoms with E-state index in [2.05, 4.69) is 15.6 Å². The molecule has 5 N–H and O–H groups in total. The van der Waals surface area contributed by atoms with Crippen molar-refractivity contribution in [2.45, 2.75) is 25.6 Å². The molecule has 1 amide bonds. The number of nitrogens with one attached hydrogen (secondary N) is 1. The van der Waals surface area contributed by atoms with Crippen LogP contribution in [-0.2, 0) is 27.5 Å². The van der Waals surface area contributed by atoms with E-state index in [1.54, 1.807) is 0 Å². The van der Waals surface area contributed by atoms with Gasteiger partial charge in [0.2, 0.25) is 5.91 Å². The highest BCUT2D eigenvalue weighted by Crippen LogP contribution is 1.95. The second kappa shape index (κ2) is 6.44. The Labute approximate surface area is 107 Å². The minimum Gasteiger partial charge on any atom is -0.481 e. The molecule has 1 aromatic heterocycles. The third kappa shape index (κ3) is 4.71. The molecule has 10 nitrogen and oxygen atoms in total. The molecule has 19 heavy (non-hydrogen) atoms. The Kier molecular flexibility index (Phi) is 4.94. The molecule has 1 heterocycles. The van der Waals surface area contributed by atoms with Gasteiger partial charge in [-0.15, -0.1) is 5.10 Å². The smallest absolute Gasteiger partial charge is 0.326 e. The maximum atomic E-state index is 11.5. The first kappa shape index (κ1) is 14.6. The number of nitrogens with zero attached hydrogens (tertiary/aromatic N) is 3. The zero-order valence-electron chi connectivity index (χ0n) is 9.81. The summed E-state index contributed by atoms with van der Waals surface area (Å²) in [7, 11) is 0. The van der Waals surface area contributed by atoms with Crippen LogP contribution in [0.25, 0.3) is 0 Å². The molecule has 0 saturated carbocycles. The molecule has 1 atom stereocenters. The summed E-state index contributed by atoms with van der Waals surface area (Å²) in [5.41, 5.74) is 5.79. The lowest BCUT2D eigenvalue weighted by molar-refractivity contribution is -0.147. The van der Waals surface area contributed by atoms with E-state index in [0.29, 0.717) is 5.69 Å². The lowest BCUT2D eigenvalue weighted by Crippen LogP contribution is -2.43. The van der Waals surface area contributed by atoms with Crippen LogP contribution in [0.4, 0.5) is 0 Å². The fourth-order valence-electron chi connectivity index (χ4n) is 1.27. The van der Waals surface area contributed by atoms with Crippen molar-refractivity contribution >= 4 is 17.8 Å². The average Bonchev–Trinajstić information content (AvgIpc) is 2.75. The largest absolute Gasteiger partial charge is 0.481 e. The van der Waals surface area contributed by atoms with Crippen LogP contribution in [0.5, 0.6) is 0 Å². The number of carboxylic acids is 2. The molecule has 0 fully saturated rings. The number of hydrogen-bond donors (Lipinski definition) is 4. The number of carboxylic acid groups (broad SMARTS) is 2. The number of amides is 1. The molecule has 0 aliphatic heterocycles. The summed E-state index contributed by atoms with van der Waals surface area (Å²) in [5.74, 6) is -3.42. The molecule has 0 aliphatic rings. The van der Waals surface area contributed by atoms with E-state index in [4.69, 9.17) is 15.9 Å². The number of hydrogen-bond acceptors (Lipinski definition) is 6. The Morgan fingerprint density at radius 2 is 2.11 bits per heavy atom. The number of carbonyl (C=O) groups excluding carboxylic acids is 1. The van der Waals surface area contributed by atoms with Crippen molar-refractivity contribution in [2.24, 2.45) is 5.73 Å². The number of aromatic nitrogens is 3. The van der Waals surface area contributed by atoms with E-state index in [0.717, 1.165) is 0 Å². The molecule has 104 valence electrons. The Morgan fingerprint density at radius 3 is 2.58 bits per heavy atom. The highest BCUT2D eigenvalue weighted by atomic mass is 16.4. The van der Waals surface area contributed by atoms with Gasteiger partial charge in [0.15, 0.2) is 0 Å². The quantitative estimate of drug-likeness (QED) is 0.433. The molecular formula is C9H13N5O5. The van der Waals surface area contributed by atoms with Crippen molar-refractivity contribution in [1.82, 2.24) is 20.3 Å². The van der Waals surface area contributed by atoms with Gasteiger partial charge in [0.1, 0.15) is 12.6 Å². The highest BCUT2D eigenvalue weighted by Gasteiger charge is 2.23. The van der Waals surface area contributed by atoms with Crippen LogP contribution in [-0.4, -0.2) is 49.1 Å². The molecule has 1 rings (SSSR count). The molecule has 0 saturated heterocycles. The van der Waals surface area contributed by atoms with Crippen LogP contribution in [0.15, 0.2) is 6.20 Å². The van der Waals surface area contributed by atoms with Crippen LogP contribution >= 0.6 is 0 Å². The van der Waals surface area contributed by atoms with E-state index >= 15 is 0 Å². The van der Waals surface area contributed by atoms with Gasteiger partial charge < -0.3 is 21.3 Å². The summed E-state index contributed by atoms with van der Waals surface area (Å²) >= 11 is 0. The highest BCUT2D eigenvalue weighted by molar-refractivity contribution is 5.86. The normalized spacial score (nSPS) is 11.8. The standard InChI is InChI=1S/C9H13N5O5/c10-2-5-3-14(13-12-5)4-7(15)11-6(9(18)19)1-8(16)17/h3,6H,1-2,4,10H2,(H,11,15)(H,16,17)(H,18,19). The SMILES string of the molecule is NCc1cn(CC(=O)NC(CC(=O)O)C(=O)O)nn1. The second-order valence-electron chi connectivity index (χ2n) is 3.67. The summed E-state index contributed by atoms with van der Waals surface area (Å²) < 4.78 is 1.18. The predicted molar refractivity (Wildman–Crippen MR) is 59.7 cm³/mol. The lowest BCUT2D eigenvalue weighted by Gasteiger charge is -2.11. The van der Waals surface area contributed by atoms with E-state index < -0.39 is 30.3 Å². The van der Waals surface area contributed by atoms with Gasteiger partial charge in [-0.05, 0) is 0 Å². The van der Waals surface area contributed by atoms with Crippen molar-refractivity contribution in [3.63, 3.8) is 0 Å². The minimum atomic E-state index is -1.48. The first-order valence-corrected chi connectivity index (χ1v) is 5.25. The number of rotatable bonds is 7. The van der Waals surface area contributed by atoms with Crippen LogP contribution in [0.2, 0.25) is 0 Å². The molecule has 1 unspecified atom stereocenters. The monoisotopic (exact) mass is 271 g/mol. The molecular weight excluding hydrogens is 258 g/mol. The van der Waals surface area contributed by atoms with E-state index in [9.17, 15) is 14.4 Å². The zero-order valence-corrected chi connectivity index (χ0v) is 9.81. The van der Waals surface area contributed by atoms with Gasteiger partial charge in [-0.1, -0.05) is 5.21 Å². The van der Waals surface area contributed by atoms with Gasteiger partial charge in [0, 0.05) is 6.54 Å². The molecule has 0 bridgehead atoms. The van der Waals surface area contributed by atoms with Gasteiger partial charge in [0.05, 0.1) is 18.3 Å². The molecule has 0 spiro atoms. The average molecular weight is 271 g/mol. The minimum absolute atomic E-state index is 0.165. The Hall–Kier alpha value is -2.49. The molecule has 1 aromatic rings. The van der Waals surface area contributed by atoms with Gasteiger partial charge in [-0.3, -0.25) is 9.59 Å². The number of aliphatic carboxylic acids is 2. The molecule has 10 heteroatoms. The second-order valence-corrected chi connectivity index (χ2v) is 3.67. The Balaban J connectivity index is 2.57. The van der Waals surface area contributed by atoms with Crippen molar-refractivity contribution in [3.05, 3.63) is 11.9 Å². The van der Waals surface area contributed by atoms with Gasteiger partial charge >= 0.3 is 11.9 Å². The third-order valence-electron chi connectivity index (χ3n) is 2.11. The number of carbonyl (C=O) groups is 3. The summed E-state index contributed by atoms with van der Waals surface area (Å²) in [6, 6.07) is -1.48. The summed E-state index contributed by atoms with van der Waals surface area (Å²) in [6.07, 6.45) is 0.735. The van der Waals surface area contributed by atoms with Gasteiger partial charge in [-0.25, -0.2) is 9.48 Å².